The van der Waals surface area contributed by atoms with Crippen molar-refractivity contribution in [1.82, 2.24) is 0 Å². The van der Waals surface area contributed by atoms with Crippen molar-refractivity contribution in [3.63, 3.8) is 0 Å². The first kappa shape index (κ1) is 24.3. The fourth-order valence-electron chi connectivity index (χ4n) is 3.43. The molecule has 0 spiro atoms. The minimum atomic E-state index is -3.97. The number of anilines is 1. The number of ether oxygens (including phenoxy) is 2. The largest absolute Gasteiger partial charge is 0.497 e. The number of rotatable bonds is 7. The molecule has 0 amide bonds. The first-order valence-electron chi connectivity index (χ1n) is 10.3. The van der Waals surface area contributed by atoms with Gasteiger partial charge >= 0.3 is 11.6 Å². The van der Waals surface area contributed by atoms with Crippen molar-refractivity contribution in [3.05, 3.63) is 99.4 Å². The number of hydrogen-bond donors (Lipinski definition) is 0. The van der Waals surface area contributed by atoms with Crippen molar-refractivity contribution in [2.75, 3.05) is 18.5 Å². The van der Waals surface area contributed by atoms with Crippen molar-refractivity contribution >= 4 is 44.3 Å². The second-order valence-electron chi connectivity index (χ2n) is 7.48. The SMILES string of the molecule is COc1ccc2c(COC(=O)c3cc(S(=O)(=O)N(C)c4ccccc4)ccc3Cl)cc(=O)oc2c1. The van der Waals surface area contributed by atoms with E-state index in [0.717, 1.165) is 4.31 Å². The van der Waals surface area contributed by atoms with Gasteiger partial charge in [0.05, 0.1) is 28.3 Å². The van der Waals surface area contributed by atoms with Crippen molar-refractivity contribution in [3.8, 4) is 5.75 Å². The van der Waals surface area contributed by atoms with Gasteiger partial charge in [-0.3, -0.25) is 4.31 Å². The number of fused-ring (bicyclic) bond motifs is 1. The standard InChI is InChI=1S/C25H20ClNO7S/c1-27(17-6-4-3-5-7-17)35(30,31)19-9-11-22(26)21(14-19)25(29)33-15-16-12-24(28)34-23-13-18(32-2)8-10-20(16)23/h3-14H,15H2,1-2H3. The first-order valence-corrected chi connectivity index (χ1v) is 12.1. The third-order valence-corrected chi connectivity index (χ3v) is 7.44. The van der Waals surface area contributed by atoms with Crippen molar-refractivity contribution in [2.24, 2.45) is 0 Å². The van der Waals surface area contributed by atoms with E-state index < -0.39 is 21.6 Å². The van der Waals surface area contributed by atoms with Gasteiger partial charge in [-0.2, -0.15) is 0 Å². The molecule has 3 aromatic carbocycles. The molecule has 0 radical (unpaired) electrons. The van der Waals surface area contributed by atoms with Crippen LogP contribution in [0.4, 0.5) is 5.69 Å². The molecule has 0 N–H and O–H groups in total. The maximum atomic E-state index is 13.1. The highest BCUT2D eigenvalue weighted by Crippen LogP contribution is 2.27. The van der Waals surface area contributed by atoms with Gasteiger partial charge in [0.2, 0.25) is 0 Å². The topological polar surface area (TPSA) is 103 Å². The van der Waals surface area contributed by atoms with Gasteiger partial charge in [0.15, 0.2) is 0 Å². The fourth-order valence-corrected chi connectivity index (χ4v) is 4.85. The van der Waals surface area contributed by atoms with Gasteiger partial charge in [0, 0.05) is 30.1 Å². The van der Waals surface area contributed by atoms with Gasteiger partial charge in [-0.1, -0.05) is 29.8 Å². The number of carbonyl (C=O) groups is 1. The Bertz CT molecular complexity index is 1570. The number of carbonyl (C=O) groups excluding carboxylic acids is 1. The molecule has 0 bridgehead atoms. The van der Waals surface area contributed by atoms with Crippen LogP contribution in [0.3, 0.4) is 0 Å². The lowest BCUT2D eigenvalue weighted by atomic mass is 10.1. The minimum Gasteiger partial charge on any atom is -0.497 e. The highest BCUT2D eigenvalue weighted by atomic mass is 35.5. The number of methoxy groups -OCH3 is 1. The number of esters is 1. The Hall–Kier alpha value is -3.82. The van der Waals surface area contributed by atoms with Gasteiger partial charge in [0.25, 0.3) is 10.0 Å². The summed E-state index contributed by atoms with van der Waals surface area (Å²) in [6.45, 7) is -0.259. The molecule has 0 unspecified atom stereocenters. The zero-order valence-corrected chi connectivity index (χ0v) is 20.3. The lowest BCUT2D eigenvalue weighted by molar-refractivity contribution is 0.0473. The highest BCUT2D eigenvalue weighted by Gasteiger charge is 2.24. The molecule has 1 aromatic heterocycles. The summed E-state index contributed by atoms with van der Waals surface area (Å²) in [6.07, 6.45) is 0. The molecule has 0 saturated carbocycles. The molecule has 0 aliphatic rings. The summed E-state index contributed by atoms with van der Waals surface area (Å²) in [5.41, 5.74) is 0.405. The van der Waals surface area contributed by atoms with Crippen LogP contribution in [0.2, 0.25) is 5.02 Å². The monoisotopic (exact) mass is 513 g/mol. The Kier molecular flexibility index (Phi) is 6.81. The lowest BCUT2D eigenvalue weighted by Crippen LogP contribution is -2.26. The number of sulfonamides is 1. The minimum absolute atomic E-state index is 0.0264. The zero-order chi connectivity index (χ0) is 25.2. The van der Waals surface area contributed by atoms with Gasteiger partial charge in [-0.15, -0.1) is 0 Å². The van der Waals surface area contributed by atoms with Crippen LogP contribution in [0.1, 0.15) is 15.9 Å². The number of halogens is 1. The summed E-state index contributed by atoms with van der Waals surface area (Å²) >= 11 is 6.19. The molecule has 10 heteroatoms. The third kappa shape index (κ3) is 5.01. The van der Waals surface area contributed by atoms with E-state index in [0.29, 0.717) is 22.4 Å². The Morgan fingerprint density at radius 3 is 2.49 bits per heavy atom. The summed E-state index contributed by atoms with van der Waals surface area (Å²) in [6, 6.07) is 18.5. The van der Waals surface area contributed by atoms with Crippen molar-refractivity contribution in [1.29, 1.82) is 0 Å². The van der Waals surface area contributed by atoms with Crippen LogP contribution in [-0.2, 0) is 21.4 Å². The third-order valence-electron chi connectivity index (χ3n) is 5.33. The van der Waals surface area contributed by atoms with Crippen LogP contribution in [0.15, 0.2) is 86.9 Å². The van der Waals surface area contributed by atoms with E-state index in [2.05, 4.69) is 0 Å². The van der Waals surface area contributed by atoms with Crippen molar-refractivity contribution < 1.29 is 27.1 Å². The van der Waals surface area contributed by atoms with Crippen LogP contribution < -0.4 is 14.7 Å². The molecule has 4 aromatic rings. The molecule has 0 aliphatic carbocycles. The van der Waals surface area contributed by atoms with E-state index in [4.69, 9.17) is 25.5 Å². The average molecular weight is 514 g/mol. The molecule has 0 atom stereocenters. The Morgan fingerprint density at radius 2 is 1.77 bits per heavy atom. The van der Waals surface area contributed by atoms with Crippen LogP contribution >= 0.6 is 11.6 Å². The van der Waals surface area contributed by atoms with Gasteiger partial charge in [-0.25, -0.2) is 18.0 Å². The normalized spacial score (nSPS) is 11.3. The van der Waals surface area contributed by atoms with E-state index in [1.807, 2.05) is 0 Å². The van der Waals surface area contributed by atoms with Gasteiger partial charge < -0.3 is 13.9 Å². The maximum absolute atomic E-state index is 13.1. The number of para-hydroxylation sites is 1. The molecule has 180 valence electrons. The molecule has 0 aliphatic heterocycles. The Balaban J connectivity index is 1.60. The molecular formula is C25H20ClNO7S. The molecule has 35 heavy (non-hydrogen) atoms. The van der Waals surface area contributed by atoms with E-state index in [9.17, 15) is 18.0 Å². The second-order valence-corrected chi connectivity index (χ2v) is 9.86. The summed E-state index contributed by atoms with van der Waals surface area (Å²) in [5, 5.41) is 0.587. The number of nitrogens with zero attached hydrogens (tertiary/aromatic N) is 1. The number of hydrogen-bond acceptors (Lipinski definition) is 7. The number of benzene rings is 3. The summed E-state index contributed by atoms with van der Waals surface area (Å²) in [7, 11) is -1.07. The fraction of sp³-hybridized carbons (Fsp3) is 0.120. The molecule has 0 fully saturated rings. The average Bonchev–Trinajstić information content (AvgIpc) is 2.86. The van der Waals surface area contributed by atoms with E-state index >= 15 is 0 Å². The van der Waals surface area contributed by atoms with E-state index in [-0.39, 0.29) is 27.7 Å². The lowest BCUT2D eigenvalue weighted by Gasteiger charge is -2.20. The Morgan fingerprint density at radius 1 is 1.03 bits per heavy atom. The molecule has 8 nitrogen and oxygen atoms in total. The van der Waals surface area contributed by atoms with Gasteiger partial charge in [-0.05, 0) is 42.5 Å². The highest BCUT2D eigenvalue weighted by molar-refractivity contribution is 7.92. The zero-order valence-electron chi connectivity index (χ0n) is 18.7. The molecule has 0 saturated heterocycles. The van der Waals surface area contributed by atoms with Crippen LogP contribution in [-0.4, -0.2) is 28.5 Å². The molecular weight excluding hydrogens is 494 g/mol. The van der Waals surface area contributed by atoms with Crippen LogP contribution in [0.25, 0.3) is 11.0 Å². The quantitative estimate of drug-likeness (QED) is 0.262. The van der Waals surface area contributed by atoms with E-state index in [1.165, 1.54) is 38.4 Å². The molecule has 1 heterocycles. The van der Waals surface area contributed by atoms with Gasteiger partial charge in [0.1, 0.15) is 17.9 Å². The predicted molar refractivity (Wildman–Crippen MR) is 132 cm³/mol. The van der Waals surface area contributed by atoms with Crippen LogP contribution in [0, 0.1) is 0 Å². The maximum Gasteiger partial charge on any atom is 0.340 e. The Labute approximate surface area is 206 Å². The van der Waals surface area contributed by atoms with Crippen LogP contribution in [0.5, 0.6) is 5.75 Å². The first-order chi connectivity index (χ1) is 16.7. The predicted octanol–water partition coefficient (Wildman–Crippen LogP) is 4.64. The van der Waals surface area contributed by atoms with E-state index in [1.54, 1.807) is 48.5 Å². The summed E-state index contributed by atoms with van der Waals surface area (Å²) in [5.74, 6) is -0.343. The molecule has 4 rings (SSSR count). The second kappa shape index (κ2) is 9.81. The summed E-state index contributed by atoms with van der Waals surface area (Å²) in [4.78, 5) is 24.7. The van der Waals surface area contributed by atoms with Crippen molar-refractivity contribution in [2.45, 2.75) is 11.5 Å². The summed E-state index contributed by atoms with van der Waals surface area (Å²) < 4.78 is 43.0. The smallest absolute Gasteiger partial charge is 0.340 e.